The molecular formula is C9H12O2. The van der Waals surface area contributed by atoms with E-state index in [-0.39, 0.29) is 0 Å². The lowest BCUT2D eigenvalue weighted by molar-refractivity contribution is 0.110. The maximum Gasteiger partial charge on any atom is 0.185 e. The fourth-order valence-corrected chi connectivity index (χ4v) is 0.968. The van der Waals surface area contributed by atoms with Gasteiger partial charge in [-0.3, -0.25) is 4.79 Å². The Morgan fingerprint density at radius 2 is 2.45 bits per heavy atom. The Kier molecular flexibility index (Phi) is 2.90. The van der Waals surface area contributed by atoms with E-state index in [1.807, 2.05) is 0 Å². The predicted octanol–water partition coefficient (Wildman–Crippen LogP) is 2.43. The van der Waals surface area contributed by atoms with Gasteiger partial charge in [-0.25, -0.2) is 0 Å². The second kappa shape index (κ2) is 3.96. The van der Waals surface area contributed by atoms with Gasteiger partial charge in [-0.1, -0.05) is 13.3 Å². The molecule has 0 aliphatic rings. The van der Waals surface area contributed by atoms with Gasteiger partial charge >= 0.3 is 0 Å². The topological polar surface area (TPSA) is 30.2 Å². The van der Waals surface area contributed by atoms with Gasteiger partial charge in [0, 0.05) is 0 Å². The van der Waals surface area contributed by atoms with Crippen molar-refractivity contribution >= 4 is 6.29 Å². The lowest BCUT2D eigenvalue weighted by Gasteiger charge is -1.89. The summed E-state index contributed by atoms with van der Waals surface area (Å²) in [5.41, 5.74) is 1.12. The van der Waals surface area contributed by atoms with Crippen LogP contribution in [0.15, 0.2) is 16.7 Å². The Labute approximate surface area is 66.2 Å². The van der Waals surface area contributed by atoms with Crippen molar-refractivity contribution in [2.45, 2.75) is 26.2 Å². The number of carbonyl (C=O) groups is 1. The third-order valence-corrected chi connectivity index (χ3v) is 1.61. The lowest BCUT2D eigenvalue weighted by atomic mass is 10.1. The molecule has 0 amide bonds. The third kappa shape index (κ3) is 2.22. The van der Waals surface area contributed by atoms with Gasteiger partial charge in [0.1, 0.15) is 0 Å². The average Bonchev–Trinajstić information content (AvgIpc) is 2.48. The molecule has 0 bridgehead atoms. The van der Waals surface area contributed by atoms with Crippen LogP contribution in [0, 0.1) is 0 Å². The highest BCUT2D eigenvalue weighted by atomic mass is 16.3. The number of rotatable bonds is 4. The quantitative estimate of drug-likeness (QED) is 0.620. The Balaban J connectivity index is 2.51. The lowest BCUT2D eigenvalue weighted by Crippen LogP contribution is -1.79. The fraction of sp³-hybridized carbons (Fsp3) is 0.444. The molecule has 0 atom stereocenters. The van der Waals surface area contributed by atoms with E-state index in [4.69, 9.17) is 4.42 Å². The smallest absolute Gasteiger partial charge is 0.185 e. The van der Waals surface area contributed by atoms with Crippen molar-refractivity contribution in [2.75, 3.05) is 0 Å². The van der Waals surface area contributed by atoms with Gasteiger partial charge in [0.05, 0.1) is 6.26 Å². The van der Waals surface area contributed by atoms with Crippen LogP contribution in [-0.4, -0.2) is 6.29 Å². The summed E-state index contributed by atoms with van der Waals surface area (Å²) < 4.78 is 4.94. The zero-order valence-electron chi connectivity index (χ0n) is 6.67. The van der Waals surface area contributed by atoms with E-state index in [9.17, 15) is 4.79 Å². The molecule has 1 rings (SSSR count). The molecule has 0 aliphatic heterocycles. The first-order chi connectivity index (χ1) is 5.36. The first kappa shape index (κ1) is 8.05. The van der Waals surface area contributed by atoms with E-state index < -0.39 is 0 Å². The van der Waals surface area contributed by atoms with E-state index in [0.717, 1.165) is 24.7 Å². The van der Waals surface area contributed by atoms with Crippen LogP contribution >= 0.6 is 0 Å². The van der Waals surface area contributed by atoms with E-state index in [2.05, 4.69) is 6.92 Å². The number of hydrogen-bond acceptors (Lipinski definition) is 2. The number of aldehydes is 1. The van der Waals surface area contributed by atoms with Crippen molar-refractivity contribution in [3.05, 3.63) is 23.7 Å². The van der Waals surface area contributed by atoms with Crippen molar-refractivity contribution in [3.63, 3.8) is 0 Å². The molecule has 0 aromatic carbocycles. The van der Waals surface area contributed by atoms with E-state index in [0.29, 0.717) is 5.76 Å². The van der Waals surface area contributed by atoms with Crippen LogP contribution in [0.25, 0.3) is 0 Å². The van der Waals surface area contributed by atoms with Crippen LogP contribution < -0.4 is 0 Å². The zero-order valence-corrected chi connectivity index (χ0v) is 6.67. The molecule has 0 fully saturated rings. The van der Waals surface area contributed by atoms with Gasteiger partial charge in [0.25, 0.3) is 0 Å². The van der Waals surface area contributed by atoms with Crippen LogP contribution in [0.1, 0.15) is 35.9 Å². The maximum absolute atomic E-state index is 10.2. The molecule has 60 valence electrons. The maximum atomic E-state index is 10.2. The van der Waals surface area contributed by atoms with Crippen LogP contribution in [0.2, 0.25) is 0 Å². The minimum absolute atomic E-state index is 0.427. The van der Waals surface area contributed by atoms with Crippen LogP contribution in [0.5, 0.6) is 0 Å². The summed E-state index contributed by atoms with van der Waals surface area (Å²) in [7, 11) is 0. The molecule has 0 saturated heterocycles. The minimum atomic E-state index is 0.427. The van der Waals surface area contributed by atoms with E-state index in [1.54, 1.807) is 12.3 Å². The monoisotopic (exact) mass is 152 g/mol. The van der Waals surface area contributed by atoms with Crippen molar-refractivity contribution in [2.24, 2.45) is 0 Å². The summed E-state index contributed by atoms with van der Waals surface area (Å²) in [4.78, 5) is 10.2. The van der Waals surface area contributed by atoms with Crippen molar-refractivity contribution in [1.82, 2.24) is 0 Å². The van der Waals surface area contributed by atoms with Crippen molar-refractivity contribution < 1.29 is 9.21 Å². The zero-order chi connectivity index (χ0) is 8.10. The largest absolute Gasteiger partial charge is 0.461 e. The van der Waals surface area contributed by atoms with Crippen LogP contribution in [0.4, 0.5) is 0 Å². The van der Waals surface area contributed by atoms with Crippen LogP contribution in [-0.2, 0) is 6.42 Å². The fourth-order valence-electron chi connectivity index (χ4n) is 0.968. The molecule has 11 heavy (non-hydrogen) atoms. The van der Waals surface area contributed by atoms with Gasteiger partial charge in [0.2, 0.25) is 0 Å². The first-order valence-electron chi connectivity index (χ1n) is 3.89. The molecule has 0 N–H and O–H groups in total. The number of unbranched alkanes of at least 4 members (excludes halogenated alkanes) is 1. The van der Waals surface area contributed by atoms with Gasteiger partial charge in [-0.05, 0) is 24.5 Å². The Hall–Kier alpha value is -1.05. The SMILES string of the molecule is CCCCc1coc(C=O)c1. The normalized spacial score (nSPS) is 9.91. The summed E-state index contributed by atoms with van der Waals surface area (Å²) in [5, 5.41) is 0. The van der Waals surface area contributed by atoms with E-state index in [1.165, 1.54) is 6.42 Å². The average molecular weight is 152 g/mol. The standard InChI is InChI=1S/C9H12O2/c1-2-3-4-8-5-9(6-10)11-7-8/h5-7H,2-4H2,1H3. The molecule has 2 heteroatoms. The van der Waals surface area contributed by atoms with Gasteiger partial charge in [-0.15, -0.1) is 0 Å². The third-order valence-electron chi connectivity index (χ3n) is 1.61. The summed E-state index contributed by atoms with van der Waals surface area (Å²) in [6.45, 7) is 2.14. The Bertz CT molecular complexity index is 225. The molecule has 1 heterocycles. The van der Waals surface area contributed by atoms with Crippen molar-refractivity contribution in [1.29, 1.82) is 0 Å². The summed E-state index contributed by atoms with van der Waals surface area (Å²) in [6, 6.07) is 1.79. The molecule has 0 saturated carbocycles. The highest BCUT2D eigenvalue weighted by molar-refractivity contribution is 5.70. The van der Waals surface area contributed by atoms with Crippen LogP contribution in [0.3, 0.4) is 0 Å². The number of furan rings is 1. The molecule has 0 unspecified atom stereocenters. The second-order valence-electron chi connectivity index (χ2n) is 2.58. The van der Waals surface area contributed by atoms with Crippen molar-refractivity contribution in [3.8, 4) is 0 Å². The summed E-state index contributed by atoms with van der Waals surface area (Å²) in [5.74, 6) is 0.427. The van der Waals surface area contributed by atoms with Gasteiger partial charge < -0.3 is 4.42 Å². The Morgan fingerprint density at radius 3 is 3.00 bits per heavy atom. The van der Waals surface area contributed by atoms with Gasteiger partial charge in [-0.2, -0.15) is 0 Å². The van der Waals surface area contributed by atoms with Gasteiger partial charge in [0.15, 0.2) is 12.0 Å². The highest BCUT2D eigenvalue weighted by Gasteiger charge is 1.98. The number of hydrogen-bond donors (Lipinski definition) is 0. The minimum Gasteiger partial charge on any atom is -0.461 e. The summed E-state index contributed by atoms with van der Waals surface area (Å²) >= 11 is 0. The summed E-state index contributed by atoms with van der Waals surface area (Å²) in [6.07, 6.45) is 5.71. The molecule has 1 aromatic rings. The predicted molar refractivity (Wildman–Crippen MR) is 42.7 cm³/mol. The molecule has 0 radical (unpaired) electrons. The number of aryl methyl sites for hydroxylation is 1. The Morgan fingerprint density at radius 1 is 1.64 bits per heavy atom. The number of carbonyl (C=O) groups excluding carboxylic acids is 1. The van der Waals surface area contributed by atoms with E-state index >= 15 is 0 Å². The molecule has 0 aliphatic carbocycles. The highest BCUT2D eigenvalue weighted by Crippen LogP contribution is 2.08. The first-order valence-corrected chi connectivity index (χ1v) is 3.89. The molecule has 1 aromatic heterocycles. The molecule has 2 nitrogen and oxygen atoms in total. The molecular weight excluding hydrogens is 140 g/mol. The molecule has 0 spiro atoms. The second-order valence-corrected chi connectivity index (χ2v) is 2.58.